The molecule has 0 N–H and O–H groups in total. The molecular formula is C17H26Br2. The minimum atomic E-state index is 0.250. The van der Waals surface area contributed by atoms with Gasteiger partial charge in [-0.15, -0.1) is 0 Å². The Hall–Kier alpha value is 0.180. The van der Waals surface area contributed by atoms with E-state index in [4.69, 9.17) is 0 Å². The molecule has 0 bridgehead atoms. The highest BCUT2D eigenvalue weighted by atomic mass is 79.9. The van der Waals surface area contributed by atoms with Crippen molar-refractivity contribution in [3.8, 4) is 0 Å². The molecule has 0 radical (unpaired) electrons. The van der Waals surface area contributed by atoms with E-state index in [0.717, 1.165) is 10.7 Å². The molecule has 0 nitrogen and oxygen atoms in total. The van der Waals surface area contributed by atoms with Crippen LogP contribution in [0.3, 0.4) is 0 Å². The zero-order chi connectivity index (χ0) is 14.1. The van der Waals surface area contributed by atoms with Crippen molar-refractivity contribution in [2.45, 2.75) is 57.8 Å². The molecule has 0 saturated heterocycles. The summed E-state index contributed by atoms with van der Waals surface area (Å²) < 4.78 is 0. The summed E-state index contributed by atoms with van der Waals surface area (Å²) in [6, 6.07) is 9.05. The Morgan fingerprint density at radius 1 is 0.895 bits per heavy atom. The quantitative estimate of drug-likeness (QED) is 0.339. The van der Waals surface area contributed by atoms with Crippen molar-refractivity contribution in [2.75, 3.05) is 10.7 Å². The lowest BCUT2D eigenvalue weighted by molar-refractivity contribution is 0.463. The van der Waals surface area contributed by atoms with Crippen LogP contribution in [0.15, 0.2) is 24.3 Å². The van der Waals surface area contributed by atoms with E-state index in [-0.39, 0.29) is 5.41 Å². The van der Waals surface area contributed by atoms with Crippen molar-refractivity contribution >= 4 is 31.9 Å². The molecule has 0 saturated carbocycles. The third-order valence-corrected chi connectivity index (χ3v) is 6.08. The first-order valence-corrected chi connectivity index (χ1v) is 9.62. The third kappa shape index (κ3) is 5.23. The normalized spacial score (nSPS) is 11.8. The van der Waals surface area contributed by atoms with Gasteiger partial charge in [-0.2, -0.15) is 0 Å². The molecule has 0 amide bonds. The summed E-state index contributed by atoms with van der Waals surface area (Å²) in [5.74, 6) is 0. The first kappa shape index (κ1) is 17.2. The molecule has 1 aromatic rings. The van der Waals surface area contributed by atoms with Crippen molar-refractivity contribution in [1.82, 2.24) is 0 Å². The Morgan fingerprint density at radius 2 is 1.47 bits per heavy atom. The molecule has 108 valence electrons. The van der Waals surface area contributed by atoms with Gasteiger partial charge >= 0.3 is 0 Å². The predicted molar refractivity (Wildman–Crippen MR) is 93.8 cm³/mol. The molecule has 2 heteroatoms. The molecule has 1 aromatic carbocycles. The lowest BCUT2D eigenvalue weighted by atomic mass is 9.79. The SMILES string of the molecule is CCCCCCCC(CBr)(CBr)c1ccc(C)cc1. The molecule has 0 spiro atoms. The zero-order valence-electron chi connectivity index (χ0n) is 12.2. The van der Waals surface area contributed by atoms with Crippen LogP contribution in [0.5, 0.6) is 0 Å². The topological polar surface area (TPSA) is 0 Å². The molecule has 1 rings (SSSR count). The molecule has 0 unspecified atom stereocenters. The average Bonchev–Trinajstić information content (AvgIpc) is 2.45. The monoisotopic (exact) mass is 388 g/mol. The Bertz CT molecular complexity index is 339. The van der Waals surface area contributed by atoms with Gasteiger partial charge in [-0.3, -0.25) is 0 Å². The number of alkyl halides is 2. The molecule has 0 aliphatic carbocycles. The van der Waals surface area contributed by atoms with Gasteiger partial charge in [0.15, 0.2) is 0 Å². The van der Waals surface area contributed by atoms with Gasteiger partial charge in [-0.05, 0) is 18.9 Å². The Labute approximate surface area is 135 Å². The average molecular weight is 390 g/mol. The maximum absolute atomic E-state index is 3.74. The largest absolute Gasteiger partial charge is 0.0918 e. The smallest absolute Gasteiger partial charge is 0.0147 e. The van der Waals surface area contributed by atoms with E-state index in [2.05, 4.69) is 70.0 Å². The maximum Gasteiger partial charge on any atom is 0.0147 e. The van der Waals surface area contributed by atoms with Crippen LogP contribution in [0.4, 0.5) is 0 Å². The predicted octanol–water partition coefficient (Wildman–Crippen LogP) is 6.38. The minimum Gasteiger partial charge on any atom is -0.0918 e. The van der Waals surface area contributed by atoms with E-state index in [1.54, 1.807) is 0 Å². The van der Waals surface area contributed by atoms with Gasteiger partial charge < -0.3 is 0 Å². The van der Waals surface area contributed by atoms with Gasteiger partial charge in [0.1, 0.15) is 0 Å². The van der Waals surface area contributed by atoms with Crippen LogP contribution in [-0.2, 0) is 5.41 Å². The second kappa shape index (κ2) is 9.18. The number of aryl methyl sites for hydroxylation is 1. The van der Waals surface area contributed by atoms with E-state index in [9.17, 15) is 0 Å². The number of benzene rings is 1. The third-order valence-electron chi connectivity index (χ3n) is 3.93. The Balaban J connectivity index is 2.65. The molecule has 0 aliphatic heterocycles. The lowest BCUT2D eigenvalue weighted by Crippen LogP contribution is -2.30. The fourth-order valence-electron chi connectivity index (χ4n) is 2.44. The highest BCUT2D eigenvalue weighted by Gasteiger charge is 2.29. The van der Waals surface area contributed by atoms with Crippen molar-refractivity contribution in [1.29, 1.82) is 0 Å². The van der Waals surface area contributed by atoms with Crippen molar-refractivity contribution in [3.05, 3.63) is 35.4 Å². The minimum absolute atomic E-state index is 0.250. The van der Waals surface area contributed by atoms with Gasteiger partial charge in [0.2, 0.25) is 0 Å². The van der Waals surface area contributed by atoms with Crippen molar-refractivity contribution in [2.24, 2.45) is 0 Å². The molecule has 0 aliphatic rings. The van der Waals surface area contributed by atoms with Crippen LogP contribution in [0.2, 0.25) is 0 Å². The van der Waals surface area contributed by atoms with Crippen LogP contribution in [-0.4, -0.2) is 10.7 Å². The number of rotatable bonds is 9. The number of halogens is 2. The van der Waals surface area contributed by atoms with Gasteiger partial charge in [0.05, 0.1) is 0 Å². The van der Waals surface area contributed by atoms with E-state index in [1.165, 1.54) is 49.7 Å². The Morgan fingerprint density at radius 3 is 2.00 bits per heavy atom. The fourth-order valence-corrected chi connectivity index (χ4v) is 4.58. The molecule has 19 heavy (non-hydrogen) atoms. The highest BCUT2D eigenvalue weighted by Crippen LogP contribution is 2.34. The van der Waals surface area contributed by atoms with E-state index < -0.39 is 0 Å². The van der Waals surface area contributed by atoms with Crippen molar-refractivity contribution < 1.29 is 0 Å². The van der Waals surface area contributed by atoms with Crippen LogP contribution in [0, 0.1) is 6.92 Å². The van der Waals surface area contributed by atoms with Gasteiger partial charge in [0.25, 0.3) is 0 Å². The molecule has 0 aromatic heterocycles. The maximum atomic E-state index is 3.74. The van der Waals surface area contributed by atoms with Gasteiger partial charge in [-0.25, -0.2) is 0 Å². The second-order valence-corrected chi connectivity index (χ2v) is 6.70. The van der Waals surface area contributed by atoms with Crippen LogP contribution in [0.25, 0.3) is 0 Å². The summed E-state index contributed by atoms with van der Waals surface area (Å²) in [5, 5.41) is 2.06. The van der Waals surface area contributed by atoms with E-state index in [0.29, 0.717) is 0 Å². The van der Waals surface area contributed by atoms with E-state index in [1.807, 2.05) is 0 Å². The summed E-state index contributed by atoms with van der Waals surface area (Å²) in [6.45, 7) is 4.42. The van der Waals surface area contributed by atoms with Crippen LogP contribution >= 0.6 is 31.9 Å². The highest BCUT2D eigenvalue weighted by molar-refractivity contribution is 9.09. The summed E-state index contributed by atoms with van der Waals surface area (Å²) in [4.78, 5) is 0. The van der Waals surface area contributed by atoms with Crippen molar-refractivity contribution in [3.63, 3.8) is 0 Å². The van der Waals surface area contributed by atoms with Gasteiger partial charge in [-0.1, -0.05) is 101 Å². The zero-order valence-corrected chi connectivity index (χ0v) is 15.4. The summed E-state index contributed by atoms with van der Waals surface area (Å²) in [5.41, 5.74) is 3.05. The summed E-state index contributed by atoms with van der Waals surface area (Å²) >= 11 is 7.48. The van der Waals surface area contributed by atoms with Gasteiger partial charge in [0, 0.05) is 16.1 Å². The molecule has 0 atom stereocenters. The second-order valence-electron chi connectivity index (χ2n) is 5.58. The molecule has 0 fully saturated rings. The standard InChI is InChI=1S/C17H26Br2/c1-3-4-5-6-7-12-17(13-18,14-19)16-10-8-15(2)9-11-16/h8-11H,3-7,12-14H2,1-2H3. The lowest BCUT2D eigenvalue weighted by Gasteiger charge is -2.31. The molecule has 0 heterocycles. The number of unbranched alkanes of at least 4 members (excludes halogenated alkanes) is 4. The molecular weight excluding hydrogens is 364 g/mol. The van der Waals surface area contributed by atoms with E-state index >= 15 is 0 Å². The first-order valence-electron chi connectivity index (χ1n) is 7.37. The first-order chi connectivity index (χ1) is 9.18. The summed E-state index contributed by atoms with van der Waals surface area (Å²) in [7, 11) is 0. The summed E-state index contributed by atoms with van der Waals surface area (Å²) in [6.07, 6.45) is 8.02. The van der Waals surface area contributed by atoms with Crippen LogP contribution < -0.4 is 0 Å². The number of hydrogen-bond acceptors (Lipinski definition) is 0. The van der Waals surface area contributed by atoms with Crippen LogP contribution in [0.1, 0.15) is 56.6 Å². The Kier molecular flexibility index (Phi) is 8.32. The fraction of sp³-hybridized carbons (Fsp3) is 0.647. The number of hydrogen-bond donors (Lipinski definition) is 0.